The molecule has 0 amide bonds. The van der Waals surface area contributed by atoms with Crippen LogP contribution >= 0.6 is 24.0 Å². The topological polar surface area (TPSA) is 70.4 Å². The molecule has 0 aliphatic rings. The molecular weight excluding hydrogens is 513 g/mol. The van der Waals surface area contributed by atoms with Gasteiger partial charge in [0.25, 0.3) is 0 Å². The summed E-state index contributed by atoms with van der Waals surface area (Å²) >= 11 is 0. The molecular formula is C24H34IN7. The van der Waals surface area contributed by atoms with Crippen LogP contribution in [0.5, 0.6) is 0 Å². The van der Waals surface area contributed by atoms with Crippen molar-refractivity contribution in [1.29, 1.82) is 0 Å². The number of rotatable bonds is 11. The Labute approximate surface area is 208 Å². The predicted octanol–water partition coefficient (Wildman–Crippen LogP) is 3.72. The third-order valence-corrected chi connectivity index (χ3v) is 5.08. The molecule has 0 bridgehead atoms. The van der Waals surface area contributed by atoms with E-state index in [-0.39, 0.29) is 24.0 Å². The summed E-state index contributed by atoms with van der Waals surface area (Å²) in [5.41, 5.74) is 2.43. The first-order chi connectivity index (χ1) is 15.3. The summed E-state index contributed by atoms with van der Waals surface area (Å²) in [4.78, 5) is 7.04. The lowest BCUT2D eigenvalue weighted by Gasteiger charge is -2.20. The molecule has 172 valence electrons. The first kappa shape index (κ1) is 25.6. The van der Waals surface area contributed by atoms with E-state index in [0.717, 1.165) is 50.8 Å². The van der Waals surface area contributed by atoms with Gasteiger partial charge in [-0.05, 0) is 24.1 Å². The fourth-order valence-electron chi connectivity index (χ4n) is 3.30. The lowest BCUT2D eigenvalue weighted by molar-refractivity contribution is 0.629. The highest BCUT2D eigenvalue weighted by Crippen LogP contribution is 2.10. The molecule has 8 heteroatoms. The number of aryl methyl sites for hydroxylation is 1. The van der Waals surface area contributed by atoms with Crippen molar-refractivity contribution < 1.29 is 0 Å². The third kappa shape index (κ3) is 8.49. The Kier molecular flexibility index (Phi) is 11.6. The van der Waals surface area contributed by atoms with Crippen molar-refractivity contribution in [2.45, 2.75) is 32.9 Å². The van der Waals surface area contributed by atoms with Gasteiger partial charge in [0.05, 0.1) is 6.54 Å². The van der Waals surface area contributed by atoms with Crippen molar-refractivity contribution in [2.75, 3.05) is 31.6 Å². The highest BCUT2D eigenvalue weighted by Gasteiger charge is 2.04. The van der Waals surface area contributed by atoms with Gasteiger partial charge in [-0.3, -0.25) is 0 Å². The quantitative estimate of drug-likeness (QED) is 0.166. The number of hydrogen-bond donors (Lipinski definition) is 2. The Morgan fingerprint density at radius 1 is 1.00 bits per heavy atom. The normalized spacial score (nSPS) is 11.0. The van der Waals surface area contributed by atoms with E-state index < -0.39 is 0 Å². The highest BCUT2D eigenvalue weighted by atomic mass is 127. The molecule has 2 aromatic carbocycles. The fraction of sp³-hybridized carbons (Fsp3) is 0.375. The van der Waals surface area contributed by atoms with Crippen molar-refractivity contribution >= 4 is 35.6 Å². The summed E-state index contributed by atoms with van der Waals surface area (Å²) in [6.07, 6.45) is 3.68. The molecule has 0 unspecified atom stereocenters. The van der Waals surface area contributed by atoms with Gasteiger partial charge in [0.1, 0.15) is 12.2 Å². The van der Waals surface area contributed by atoms with Crippen LogP contribution < -0.4 is 15.5 Å². The second-order valence-corrected chi connectivity index (χ2v) is 7.41. The van der Waals surface area contributed by atoms with Crippen LogP contribution in [0.4, 0.5) is 5.69 Å². The van der Waals surface area contributed by atoms with Crippen molar-refractivity contribution in [3.63, 3.8) is 0 Å². The number of para-hydroxylation sites is 1. The van der Waals surface area contributed by atoms with Gasteiger partial charge >= 0.3 is 0 Å². The third-order valence-electron chi connectivity index (χ3n) is 5.08. The second kappa shape index (κ2) is 14.4. The maximum atomic E-state index is 4.77. The summed E-state index contributed by atoms with van der Waals surface area (Å²) in [5, 5.41) is 15.1. The van der Waals surface area contributed by atoms with Crippen molar-refractivity contribution in [2.24, 2.45) is 4.99 Å². The molecule has 1 aromatic heterocycles. The predicted molar refractivity (Wildman–Crippen MR) is 143 cm³/mol. The molecule has 3 aromatic rings. The first-order valence-corrected chi connectivity index (χ1v) is 10.9. The van der Waals surface area contributed by atoms with Crippen molar-refractivity contribution in [3.05, 3.63) is 78.4 Å². The number of aliphatic imine (C=N–C) groups is 1. The summed E-state index contributed by atoms with van der Waals surface area (Å²) in [5.74, 6) is 1.83. The number of anilines is 1. The SMILES string of the molecule is CCc1nncn1CCNC(=NCc1ccccc1)NCCCN(C)c1ccccc1.I. The van der Waals surface area contributed by atoms with E-state index in [9.17, 15) is 0 Å². The molecule has 0 saturated carbocycles. The molecule has 0 aliphatic carbocycles. The minimum absolute atomic E-state index is 0. The van der Waals surface area contributed by atoms with Gasteiger partial charge in [0, 0.05) is 45.3 Å². The molecule has 3 rings (SSSR count). The van der Waals surface area contributed by atoms with Crippen LogP contribution in [0.2, 0.25) is 0 Å². The second-order valence-electron chi connectivity index (χ2n) is 7.41. The smallest absolute Gasteiger partial charge is 0.191 e. The Hall–Kier alpha value is -2.62. The van der Waals surface area contributed by atoms with E-state index in [0.29, 0.717) is 6.54 Å². The van der Waals surface area contributed by atoms with Crippen LogP contribution in [-0.4, -0.2) is 47.4 Å². The van der Waals surface area contributed by atoms with E-state index in [1.165, 1.54) is 11.3 Å². The average molecular weight is 547 g/mol. The molecule has 0 fully saturated rings. The van der Waals surface area contributed by atoms with Gasteiger partial charge in [0.2, 0.25) is 0 Å². The minimum Gasteiger partial charge on any atom is -0.375 e. The van der Waals surface area contributed by atoms with E-state index >= 15 is 0 Å². The summed E-state index contributed by atoms with van der Waals surface area (Å²) in [7, 11) is 2.13. The molecule has 0 spiro atoms. The number of benzene rings is 2. The van der Waals surface area contributed by atoms with Gasteiger partial charge in [-0.15, -0.1) is 34.2 Å². The fourth-order valence-corrected chi connectivity index (χ4v) is 3.30. The maximum absolute atomic E-state index is 4.77. The van der Waals surface area contributed by atoms with Crippen LogP contribution in [0, 0.1) is 0 Å². The number of nitrogens with one attached hydrogen (secondary N) is 2. The number of hydrogen-bond acceptors (Lipinski definition) is 4. The zero-order chi connectivity index (χ0) is 21.7. The maximum Gasteiger partial charge on any atom is 0.191 e. The highest BCUT2D eigenvalue weighted by molar-refractivity contribution is 14.0. The van der Waals surface area contributed by atoms with Crippen molar-refractivity contribution in [3.8, 4) is 0 Å². The zero-order valence-electron chi connectivity index (χ0n) is 18.9. The van der Waals surface area contributed by atoms with Crippen LogP contribution in [0.1, 0.15) is 24.7 Å². The van der Waals surface area contributed by atoms with Gasteiger partial charge in [-0.1, -0.05) is 55.5 Å². The van der Waals surface area contributed by atoms with Gasteiger partial charge in [-0.2, -0.15) is 0 Å². The molecule has 7 nitrogen and oxygen atoms in total. The summed E-state index contributed by atoms with van der Waals surface area (Å²) < 4.78 is 2.08. The van der Waals surface area contributed by atoms with Crippen molar-refractivity contribution in [1.82, 2.24) is 25.4 Å². The van der Waals surface area contributed by atoms with Crippen LogP contribution in [0.3, 0.4) is 0 Å². The Morgan fingerprint density at radius 2 is 1.69 bits per heavy atom. The molecule has 32 heavy (non-hydrogen) atoms. The number of guanidine groups is 1. The first-order valence-electron chi connectivity index (χ1n) is 10.9. The Morgan fingerprint density at radius 3 is 2.41 bits per heavy atom. The summed E-state index contributed by atoms with van der Waals surface area (Å²) in [6, 6.07) is 20.8. The summed E-state index contributed by atoms with van der Waals surface area (Å²) in [6.45, 7) is 6.13. The lowest BCUT2D eigenvalue weighted by Crippen LogP contribution is -2.40. The lowest BCUT2D eigenvalue weighted by atomic mass is 10.2. The van der Waals surface area contributed by atoms with Crippen LogP contribution in [0.15, 0.2) is 72.0 Å². The number of halogens is 1. The van der Waals surface area contributed by atoms with E-state index in [1.54, 1.807) is 6.33 Å². The molecule has 0 saturated heterocycles. The van der Waals surface area contributed by atoms with Crippen LogP contribution in [-0.2, 0) is 19.5 Å². The molecule has 0 aliphatic heterocycles. The van der Waals surface area contributed by atoms with E-state index in [4.69, 9.17) is 4.99 Å². The van der Waals surface area contributed by atoms with E-state index in [2.05, 4.69) is 80.7 Å². The van der Waals surface area contributed by atoms with Gasteiger partial charge in [-0.25, -0.2) is 4.99 Å². The molecule has 0 radical (unpaired) electrons. The van der Waals surface area contributed by atoms with E-state index in [1.807, 2.05) is 24.3 Å². The largest absolute Gasteiger partial charge is 0.375 e. The van der Waals surface area contributed by atoms with Gasteiger partial charge in [0.15, 0.2) is 5.96 Å². The monoisotopic (exact) mass is 547 g/mol. The number of nitrogens with zero attached hydrogens (tertiary/aromatic N) is 5. The standard InChI is InChI=1S/C24H33N7.HI/c1-3-23-29-28-20-31(23)18-16-26-24(27-19-21-11-6-4-7-12-21)25-15-10-17-30(2)22-13-8-5-9-14-22;/h4-9,11-14,20H,3,10,15-19H2,1-2H3,(H2,25,26,27);1H. The molecule has 1 heterocycles. The van der Waals surface area contributed by atoms with Crippen LogP contribution in [0.25, 0.3) is 0 Å². The Bertz CT molecular complexity index is 912. The Balaban J connectivity index is 0.00000363. The zero-order valence-corrected chi connectivity index (χ0v) is 21.3. The minimum atomic E-state index is 0. The van der Waals surface area contributed by atoms with Gasteiger partial charge < -0.3 is 20.1 Å². The molecule has 0 atom stereocenters. The molecule has 2 N–H and O–H groups in total. The number of aromatic nitrogens is 3. The average Bonchev–Trinajstić information content (AvgIpc) is 3.28.